The molecule has 2 aromatic heterocycles. The number of carbonyl (C=O) groups excluding carboxylic acids is 2. The molecule has 3 aromatic rings. The largest absolute Gasteiger partial charge is 0.484 e. The number of aryl methyl sites for hydroxylation is 1. The third-order valence-electron chi connectivity index (χ3n) is 4.44. The van der Waals surface area contributed by atoms with E-state index in [9.17, 15) is 9.59 Å². The Kier molecular flexibility index (Phi) is 6.34. The molecule has 156 valence electrons. The van der Waals surface area contributed by atoms with Crippen molar-refractivity contribution in [1.82, 2.24) is 10.2 Å². The number of thioether (sulfide) groups is 1. The van der Waals surface area contributed by atoms with E-state index in [1.54, 1.807) is 0 Å². The molecule has 0 atom stereocenters. The molecule has 0 radical (unpaired) electrons. The molecule has 0 fully saturated rings. The van der Waals surface area contributed by atoms with Crippen LogP contribution >= 0.6 is 23.1 Å². The molecule has 0 bridgehead atoms. The second-order valence-corrected chi connectivity index (χ2v) is 8.49. The molecule has 0 spiro atoms. The van der Waals surface area contributed by atoms with Crippen LogP contribution in [0.2, 0.25) is 0 Å². The number of nitrogens with zero attached hydrogens (tertiary/aromatic N) is 2. The molecule has 1 aliphatic carbocycles. The van der Waals surface area contributed by atoms with E-state index in [1.807, 2.05) is 30.3 Å². The Morgan fingerprint density at radius 2 is 2.07 bits per heavy atom. The summed E-state index contributed by atoms with van der Waals surface area (Å²) < 4.78 is 16.0. The zero-order chi connectivity index (χ0) is 20.9. The number of thiophene rings is 1. The molecule has 1 amide bonds. The Labute approximate surface area is 181 Å². The van der Waals surface area contributed by atoms with Gasteiger partial charge in [0.05, 0.1) is 18.4 Å². The molecule has 0 saturated heterocycles. The van der Waals surface area contributed by atoms with Crippen LogP contribution in [-0.4, -0.2) is 34.9 Å². The lowest BCUT2D eigenvalue weighted by molar-refractivity contribution is -0.113. The van der Waals surface area contributed by atoms with Gasteiger partial charge in [0.1, 0.15) is 10.8 Å². The average molecular weight is 446 g/mol. The number of esters is 1. The van der Waals surface area contributed by atoms with Crippen molar-refractivity contribution in [3.05, 3.63) is 52.2 Å². The molecule has 10 heteroatoms. The summed E-state index contributed by atoms with van der Waals surface area (Å²) in [5, 5.41) is 11.5. The lowest BCUT2D eigenvalue weighted by atomic mass is 10.1. The van der Waals surface area contributed by atoms with Gasteiger partial charge < -0.3 is 19.2 Å². The minimum atomic E-state index is -0.419. The van der Waals surface area contributed by atoms with Gasteiger partial charge in [0.15, 0.2) is 6.61 Å². The number of fused-ring (bicyclic) bond motifs is 1. The Morgan fingerprint density at radius 3 is 2.87 bits per heavy atom. The smallest absolute Gasteiger partial charge is 0.341 e. The quantitative estimate of drug-likeness (QED) is 0.413. The Bertz CT molecular complexity index is 1050. The van der Waals surface area contributed by atoms with E-state index in [0.29, 0.717) is 22.2 Å². The molecule has 8 nitrogen and oxygen atoms in total. The molecule has 1 N–H and O–H groups in total. The zero-order valence-corrected chi connectivity index (χ0v) is 17.8. The number of amides is 1. The van der Waals surface area contributed by atoms with E-state index >= 15 is 0 Å². The number of aromatic nitrogens is 2. The molecule has 0 aliphatic heterocycles. The predicted octanol–water partition coefficient (Wildman–Crippen LogP) is 3.72. The monoisotopic (exact) mass is 445 g/mol. The normalized spacial score (nSPS) is 12.4. The van der Waals surface area contributed by atoms with Crippen LogP contribution in [0, 0.1) is 0 Å². The number of hydrogen-bond donors (Lipinski definition) is 1. The topological polar surface area (TPSA) is 104 Å². The number of ether oxygens (including phenoxy) is 2. The number of rotatable bonds is 8. The molecule has 4 rings (SSSR count). The van der Waals surface area contributed by atoms with Crippen molar-refractivity contribution in [1.29, 1.82) is 0 Å². The van der Waals surface area contributed by atoms with E-state index in [2.05, 4.69) is 15.5 Å². The highest BCUT2D eigenvalue weighted by Gasteiger charge is 2.28. The highest BCUT2D eigenvalue weighted by Crippen LogP contribution is 2.39. The fraction of sp³-hybridized carbons (Fsp3) is 0.300. The van der Waals surface area contributed by atoms with Crippen LogP contribution in [0.25, 0.3) is 0 Å². The number of carbonyl (C=O) groups is 2. The summed E-state index contributed by atoms with van der Waals surface area (Å²) in [5.41, 5.74) is 1.47. The lowest BCUT2D eigenvalue weighted by Crippen LogP contribution is -2.16. The highest BCUT2D eigenvalue weighted by molar-refractivity contribution is 7.99. The van der Waals surface area contributed by atoms with Crippen LogP contribution in [0.1, 0.15) is 33.1 Å². The molecule has 30 heavy (non-hydrogen) atoms. The maximum atomic E-state index is 12.4. The van der Waals surface area contributed by atoms with Gasteiger partial charge in [-0.3, -0.25) is 4.79 Å². The molecule has 0 saturated carbocycles. The molecule has 0 unspecified atom stereocenters. The van der Waals surface area contributed by atoms with Crippen LogP contribution in [0.15, 0.2) is 40.0 Å². The lowest BCUT2D eigenvalue weighted by Gasteiger charge is -2.06. The van der Waals surface area contributed by atoms with Crippen LogP contribution in [0.3, 0.4) is 0 Å². The van der Waals surface area contributed by atoms with Crippen molar-refractivity contribution in [3.63, 3.8) is 0 Å². The third kappa shape index (κ3) is 4.65. The molecule has 1 aliphatic rings. The summed E-state index contributed by atoms with van der Waals surface area (Å²) in [6.07, 6.45) is 2.77. The fourth-order valence-electron chi connectivity index (χ4n) is 3.12. The van der Waals surface area contributed by atoms with Gasteiger partial charge in [-0.2, -0.15) is 0 Å². The van der Waals surface area contributed by atoms with Crippen LogP contribution in [0.5, 0.6) is 5.75 Å². The Morgan fingerprint density at radius 1 is 1.23 bits per heavy atom. The highest BCUT2D eigenvalue weighted by atomic mass is 32.2. The maximum absolute atomic E-state index is 12.4. The van der Waals surface area contributed by atoms with Crippen LogP contribution in [0.4, 0.5) is 5.00 Å². The number of nitrogens with one attached hydrogen (secondary N) is 1. The molecular formula is C20H19N3O5S2. The Hall–Kier alpha value is -2.85. The molecular weight excluding hydrogens is 426 g/mol. The second-order valence-electron chi connectivity index (χ2n) is 6.45. The summed E-state index contributed by atoms with van der Waals surface area (Å²) in [6.45, 7) is 0.146. The first-order chi connectivity index (χ1) is 14.6. The maximum Gasteiger partial charge on any atom is 0.341 e. The molecule has 2 heterocycles. The predicted molar refractivity (Wildman–Crippen MR) is 112 cm³/mol. The van der Waals surface area contributed by atoms with Crippen molar-refractivity contribution in [3.8, 4) is 5.75 Å². The van der Waals surface area contributed by atoms with Crippen molar-refractivity contribution < 1.29 is 23.5 Å². The minimum Gasteiger partial charge on any atom is -0.484 e. The third-order valence-corrected chi connectivity index (χ3v) is 6.47. The number of hydrogen-bond acceptors (Lipinski definition) is 9. The first-order valence-electron chi connectivity index (χ1n) is 9.29. The van der Waals surface area contributed by atoms with Gasteiger partial charge in [-0.25, -0.2) is 4.79 Å². The zero-order valence-electron chi connectivity index (χ0n) is 16.2. The second kappa shape index (κ2) is 9.31. The minimum absolute atomic E-state index is 0.0738. The number of anilines is 1. The van der Waals surface area contributed by atoms with E-state index in [0.717, 1.165) is 41.5 Å². The summed E-state index contributed by atoms with van der Waals surface area (Å²) >= 11 is 2.56. The summed E-state index contributed by atoms with van der Waals surface area (Å²) in [4.78, 5) is 25.7. The van der Waals surface area contributed by atoms with Gasteiger partial charge in [0, 0.05) is 4.88 Å². The van der Waals surface area contributed by atoms with Crippen molar-refractivity contribution in [2.75, 3.05) is 18.2 Å². The fourth-order valence-corrected chi connectivity index (χ4v) is 4.99. The summed E-state index contributed by atoms with van der Waals surface area (Å²) in [7, 11) is 1.34. The van der Waals surface area contributed by atoms with E-state index in [4.69, 9.17) is 13.9 Å². The van der Waals surface area contributed by atoms with E-state index < -0.39 is 5.97 Å². The van der Waals surface area contributed by atoms with Crippen molar-refractivity contribution >= 4 is 40.0 Å². The Balaban J connectivity index is 1.32. The summed E-state index contributed by atoms with van der Waals surface area (Å²) in [5.74, 6) is 0.422. The average Bonchev–Trinajstić information content (AvgIpc) is 3.47. The number of benzene rings is 1. The SMILES string of the molecule is COC(=O)c1c(NC(=O)CSc2nnc(COc3ccccc3)o2)sc2c1CCC2. The number of methoxy groups -OCH3 is 1. The first-order valence-corrected chi connectivity index (χ1v) is 11.1. The van der Waals surface area contributed by atoms with E-state index in [1.165, 1.54) is 18.4 Å². The van der Waals surface area contributed by atoms with Gasteiger partial charge in [-0.1, -0.05) is 30.0 Å². The van der Waals surface area contributed by atoms with Gasteiger partial charge >= 0.3 is 5.97 Å². The van der Waals surface area contributed by atoms with Crippen molar-refractivity contribution in [2.24, 2.45) is 0 Å². The van der Waals surface area contributed by atoms with Gasteiger partial charge in [-0.15, -0.1) is 21.5 Å². The summed E-state index contributed by atoms with van der Waals surface area (Å²) in [6, 6.07) is 9.31. The van der Waals surface area contributed by atoms with Crippen LogP contribution in [-0.2, 0) is 29.0 Å². The first kappa shape index (κ1) is 20.4. The standard InChI is InChI=1S/C20H19N3O5S2/c1-26-19(25)17-13-8-5-9-14(13)30-18(17)21-15(24)11-29-20-23-22-16(28-20)10-27-12-6-3-2-4-7-12/h2-4,6-7H,5,8-11H2,1H3,(H,21,24). The molecule has 1 aromatic carbocycles. The van der Waals surface area contributed by atoms with Gasteiger partial charge in [0.25, 0.3) is 11.1 Å². The number of para-hydroxylation sites is 1. The van der Waals surface area contributed by atoms with Gasteiger partial charge in [0.2, 0.25) is 5.91 Å². The van der Waals surface area contributed by atoms with Crippen molar-refractivity contribution in [2.45, 2.75) is 31.1 Å². The van der Waals surface area contributed by atoms with Crippen LogP contribution < -0.4 is 10.1 Å². The van der Waals surface area contributed by atoms with E-state index in [-0.39, 0.29) is 23.5 Å². The van der Waals surface area contributed by atoms with Gasteiger partial charge in [-0.05, 0) is 37.0 Å².